The molecule has 0 aliphatic heterocycles. The summed E-state index contributed by atoms with van der Waals surface area (Å²) in [4.78, 5) is 8.14. The number of hydrogen-bond donors (Lipinski definition) is 1. The van der Waals surface area contributed by atoms with Crippen LogP contribution < -0.4 is 5.32 Å². The molecule has 0 saturated heterocycles. The molecule has 4 heteroatoms. The molecule has 0 saturated carbocycles. The summed E-state index contributed by atoms with van der Waals surface area (Å²) in [6, 6.07) is 8.38. The molecule has 0 spiro atoms. The zero-order valence-electron chi connectivity index (χ0n) is 10.9. The highest BCUT2D eigenvalue weighted by molar-refractivity contribution is 7.09. The van der Waals surface area contributed by atoms with Gasteiger partial charge in [-0.1, -0.05) is 6.07 Å². The molecule has 1 N–H and O–H groups in total. The predicted octanol–water partition coefficient (Wildman–Crippen LogP) is 2.86. The summed E-state index contributed by atoms with van der Waals surface area (Å²) in [7, 11) is 4.07. The summed E-state index contributed by atoms with van der Waals surface area (Å²) < 4.78 is 0. The minimum absolute atomic E-state index is 0.890. The van der Waals surface area contributed by atoms with E-state index in [0.29, 0.717) is 0 Å². The van der Waals surface area contributed by atoms with Gasteiger partial charge in [0.25, 0.3) is 0 Å². The highest BCUT2D eigenvalue weighted by Crippen LogP contribution is 2.11. The van der Waals surface area contributed by atoms with Gasteiger partial charge in [0.1, 0.15) is 0 Å². The van der Waals surface area contributed by atoms with Crippen LogP contribution >= 0.6 is 11.3 Å². The van der Waals surface area contributed by atoms with E-state index < -0.39 is 0 Å². The van der Waals surface area contributed by atoms with E-state index in [1.165, 1.54) is 4.88 Å². The fourth-order valence-corrected chi connectivity index (χ4v) is 2.53. The van der Waals surface area contributed by atoms with Gasteiger partial charge in [-0.25, -0.2) is 0 Å². The summed E-state index contributed by atoms with van der Waals surface area (Å²) in [6.45, 7) is 1.95. The Balaban J connectivity index is 1.84. The van der Waals surface area contributed by atoms with Crippen molar-refractivity contribution in [3.8, 4) is 0 Å². The van der Waals surface area contributed by atoms with E-state index in [1.54, 1.807) is 0 Å². The predicted molar refractivity (Wildman–Crippen MR) is 78.1 cm³/mol. The zero-order valence-corrected chi connectivity index (χ0v) is 11.7. The molecule has 0 amide bonds. The molecule has 96 valence electrons. The van der Waals surface area contributed by atoms with Gasteiger partial charge in [0.2, 0.25) is 0 Å². The van der Waals surface area contributed by atoms with Crippen LogP contribution in [0.1, 0.15) is 10.6 Å². The fourth-order valence-electron chi connectivity index (χ4n) is 1.83. The van der Waals surface area contributed by atoms with Gasteiger partial charge in [-0.3, -0.25) is 4.98 Å². The Morgan fingerprint density at radius 1 is 1.39 bits per heavy atom. The summed E-state index contributed by atoms with van der Waals surface area (Å²) in [5, 5.41) is 5.27. The summed E-state index contributed by atoms with van der Waals surface area (Å²) >= 11 is 1.82. The van der Waals surface area contributed by atoms with E-state index in [-0.39, 0.29) is 0 Å². The van der Waals surface area contributed by atoms with Crippen molar-refractivity contribution < 1.29 is 0 Å². The van der Waals surface area contributed by atoms with Crippen molar-refractivity contribution in [3.05, 3.63) is 46.4 Å². The fraction of sp³-hybridized carbons (Fsp3) is 0.357. The third kappa shape index (κ3) is 3.82. The maximum Gasteiger partial charge on any atom is 0.0564 e. The third-order valence-electron chi connectivity index (χ3n) is 2.86. The molecule has 18 heavy (non-hydrogen) atoms. The molecule has 2 aromatic heterocycles. The molecule has 0 aliphatic rings. The Hall–Kier alpha value is -1.39. The second-order valence-electron chi connectivity index (χ2n) is 4.35. The molecule has 0 unspecified atom stereocenters. The summed E-state index contributed by atoms with van der Waals surface area (Å²) in [6.07, 6.45) is 2.97. The first-order valence-electron chi connectivity index (χ1n) is 6.11. The van der Waals surface area contributed by atoms with Crippen LogP contribution in [0.25, 0.3) is 0 Å². The number of nitrogens with zero attached hydrogens (tertiary/aromatic N) is 2. The summed E-state index contributed by atoms with van der Waals surface area (Å²) in [5.74, 6) is 0. The third-order valence-corrected chi connectivity index (χ3v) is 3.79. The van der Waals surface area contributed by atoms with Crippen molar-refractivity contribution in [2.24, 2.45) is 0 Å². The lowest BCUT2D eigenvalue weighted by Crippen LogP contribution is -2.21. The SMILES string of the molecule is CNc1ccnc(CN(C)CCc2cccs2)c1. The number of aromatic nitrogens is 1. The number of likely N-dealkylation sites (N-methyl/N-ethyl adjacent to an activating group) is 1. The van der Waals surface area contributed by atoms with E-state index in [2.05, 4.69) is 45.8 Å². The number of anilines is 1. The molecule has 0 aromatic carbocycles. The van der Waals surface area contributed by atoms with Crippen LogP contribution in [0, 0.1) is 0 Å². The van der Waals surface area contributed by atoms with E-state index in [9.17, 15) is 0 Å². The van der Waals surface area contributed by atoms with Crippen molar-refractivity contribution in [2.45, 2.75) is 13.0 Å². The average Bonchev–Trinajstić information content (AvgIpc) is 2.90. The van der Waals surface area contributed by atoms with Crippen LogP contribution in [0.15, 0.2) is 35.8 Å². The van der Waals surface area contributed by atoms with Gasteiger partial charge in [-0.05, 0) is 37.0 Å². The topological polar surface area (TPSA) is 28.2 Å². The van der Waals surface area contributed by atoms with Gasteiger partial charge >= 0.3 is 0 Å². The van der Waals surface area contributed by atoms with E-state index in [1.807, 2.05) is 30.6 Å². The Kier molecular flexibility index (Phi) is 4.73. The standard InChI is InChI=1S/C14H19N3S/c1-15-12-5-7-16-13(10-12)11-17(2)8-6-14-4-3-9-18-14/h3-5,7,9-10H,6,8,11H2,1-2H3,(H,15,16). The van der Waals surface area contributed by atoms with Crippen LogP contribution in [-0.2, 0) is 13.0 Å². The van der Waals surface area contributed by atoms with Crippen LogP contribution in [0.4, 0.5) is 5.69 Å². The van der Waals surface area contributed by atoms with Gasteiger partial charge in [-0.15, -0.1) is 11.3 Å². The molecule has 2 rings (SSSR count). The molecule has 3 nitrogen and oxygen atoms in total. The molecule has 0 radical (unpaired) electrons. The van der Waals surface area contributed by atoms with Crippen LogP contribution in [0.2, 0.25) is 0 Å². The first kappa shape index (κ1) is 13.1. The van der Waals surface area contributed by atoms with Gasteiger partial charge in [0, 0.05) is 36.9 Å². The summed E-state index contributed by atoms with van der Waals surface area (Å²) in [5.41, 5.74) is 2.22. The Morgan fingerprint density at radius 2 is 2.28 bits per heavy atom. The van der Waals surface area contributed by atoms with Crippen molar-refractivity contribution in [2.75, 3.05) is 26.0 Å². The Morgan fingerprint density at radius 3 is 3.00 bits per heavy atom. The molecule has 0 atom stereocenters. The van der Waals surface area contributed by atoms with Crippen molar-refractivity contribution in [1.29, 1.82) is 0 Å². The highest BCUT2D eigenvalue weighted by Gasteiger charge is 2.03. The number of rotatable bonds is 6. The largest absolute Gasteiger partial charge is 0.388 e. The molecule has 0 bridgehead atoms. The lowest BCUT2D eigenvalue weighted by molar-refractivity contribution is 0.328. The second kappa shape index (κ2) is 6.52. The highest BCUT2D eigenvalue weighted by atomic mass is 32.1. The minimum atomic E-state index is 0.890. The smallest absolute Gasteiger partial charge is 0.0564 e. The van der Waals surface area contributed by atoms with Crippen molar-refractivity contribution >= 4 is 17.0 Å². The van der Waals surface area contributed by atoms with E-state index in [0.717, 1.165) is 30.9 Å². The first-order chi connectivity index (χ1) is 8.78. The molecular formula is C14H19N3S. The van der Waals surface area contributed by atoms with E-state index >= 15 is 0 Å². The first-order valence-corrected chi connectivity index (χ1v) is 6.99. The van der Waals surface area contributed by atoms with Gasteiger partial charge < -0.3 is 10.2 Å². The minimum Gasteiger partial charge on any atom is -0.388 e. The quantitative estimate of drug-likeness (QED) is 0.866. The maximum atomic E-state index is 4.39. The zero-order chi connectivity index (χ0) is 12.8. The van der Waals surface area contributed by atoms with Gasteiger partial charge in [0.05, 0.1) is 5.69 Å². The maximum absolute atomic E-state index is 4.39. The molecule has 0 aliphatic carbocycles. The van der Waals surface area contributed by atoms with Crippen molar-refractivity contribution in [3.63, 3.8) is 0 Å². The van der Waals surface area contributed by atoms with Crippen LogP contribution in [0.3, 0.4) is 0 Å². The Bertz CT molecular complexity index is 468. The molecule has 0 fully saturated rings. The van der Waals surface area contributed by atoms with E-state index in [4.69, 9.17) is 0 Å². The normalized spacial score (nSPS) is 10.8. The number of hydrogen-bond acceptors (Lipinski definition) is 4. The Labute approximate surface area is 112 Å². The lowest BCUT2D eigenvalue weighted by atomic mass is 10.3. The van der Waals surface area contributed by atoms with Crippen LogP contribution in [-0.4, -0.2) is 30.5 Å². The number of pyridine rings is 1. The molecule has 2 heterocycles. The number of thiophene rings is 1. The molecular weight excluding hydrogens is 242 g/mol. The van der Waals surface area contributed by atoms with Crippen LogP contribution in [0.5, 0.6) is 0 Å². The lowest BCUT2D eigenvalue weighted by Gasteiger charge is -2.16. The van der Waals surface area contributed by atoms with Gasteiger partial charge in [0.15, 0.2) is 0 Å². The second-order valence-corrected chi connectivity index (χ2v) is 5.39. The average molecular weight is 261 g/mol. The monoisotopic (exact) mass is 261 g/mol. The molecule has 2 aromatic rings. The number of nitrogens with one attached hydrogen (secondary N) is 1. The van der Waals surface area contributed by atoms with Crippen molar-refractivity contribution in [1.82, 2.24) is 9.88 Å². The van der Waals surface area contributed by atoms with Gasteiger partial charge in [-0.2, -0.15) is 0 Å².